The van der Waals surface area contributed by atoms with Gasteiger partial charge in [0.15, 0.2) is 5.78 Å². The highest BCUT2D eigenvalue weighted by Gasteiger charge is 2.44. The number of carbonyl (C=O) groups excluding carboxylic acids is 1. The molecule has 1 aliphatic carbocycles. The van der Waals surface area contributed by atoms with Gasteiger partial charge in [0.1, 0.15) is 17.4 Å². The summed E-state index contributed by atoms with van der Waals surface area (Å²) in [7, 11) is 3.36. The van der Waals surface area contributed by atoms with Crippen LogP contribution >= 0.6 is 0 Å². The summed E-state index contributed by atoms with van der Waals surface area (Å²) in [4.78, 5) is 12.3. The van der Waals surface area contributed by atoms with E-state index >= 15 is 0 Å². The average molecular weight is 249 g/mol. The van der Waals surface area contributed by atoms with Gasteiger partial charge in [-0.2, -0.15) is 0 Å². The minimum atomic E-state index is -0.877. The molecule has 0 bridgehead atoms. The molecular formula is C14H19NO3. The lowest BCUT2D eigenvalue weighted by Crippen LogP contribution is -2.54. The second-order valence-electron chi connectivity index (χ2n) is 4.66. The zero-order chi connectivity index (χ0) is 13.2. The molecule has 1 fully saturated rings. The van der Waals surface area contributed by atoms with E-state index in [2.05, 4.69) is 5.32 Å². The number of aliphatic hydroxyl groups is 1. The fourth-order valence-electron chi connectivity index (χ4n) is 2.67. The third-order valence-electron chi connectivity index (χ3n) is 3.74. The summed E-state index contributed by atoms with van der Waals surface area (Å²) in [5, 5.41) is 12.9. The molecule has 1 aliphatic rings. The van der Waals surface area contributed by atoms with E-state index in [0.29, 0.717) is 12.8 Å². The van der Waals surface area contributed by atoms with Crippen molar-refractivity contribution in [3.8, 4) is 5.75 Å². The van der Waals surface area contributed by atoms with Crippen LogP contribution in [0.5, 0.6) is 5.75 Å². The predicted molar refractivity (Wildman–Crippen MR) is 68.6 cm³/mol. The van der Waals surface area contributed by atoms with Crippen LogP contribution in [0.4, 0.5) is 0 Å². The highest BCUT2D eigenvalue weighted by atomic mass is 16.5. The van der Waals surface area contributed by atoms with Gasteiger partial charge < -0.3 is 15.2 Å². The van der Waals surface area contributed by atoms with Gasteiger partial charge in [-0.25, -0.2) is 0 Å². The topological polar surface area (TPSA) is 58.6 Å². The first-order chi connectivity index (χ1) is 8.64. The molecule has 2 N–H and O–H groups in total. The number of nitrogens with one attached hydrogen (secondary N) is 1. The Morgan fingerprint density at radius 2 is 2.28 bits per heavy atom. The maximum Gasteiger partial charge on any atom is 0.185 e. The number of carbonyl (C=O) groups is 1. The van der Waals surface area contributed by atoms with E-state index in [1.54, 1.807) is 14.2 Å². The first-order valence-corrected chi connectivity index (χ1v) is 6.20. The van der Waals surface area contributed by atoms with Crippen LogP contribution in [0.1, 0.15) is 24.8 Å². The molecule has 0 radical (unpaired) electrons. The lowest BCUT2D eigenvalue weighted by Gasteiger charge is -2.38. The number of hydrogen-bond donors (Lipinski definition) is 2. The molecule has 98 valence electrons. The van der Waals surface area contributed by atoms with Crippen molar-refractivity contribution in [2.75, 3.05) is 14.2 Å². The Hall–Kier alpha value is -1.39. The van der Waals surface area contributed by atoms with E-state index in [9.17, 15) is 9.90 Å². The van der Waals surface area contributed by atoms with E-state index in [-0.39, 0.29) is 5.78 Å². The highest BCUT2D eigenvalue weighted by Crippen LogP contribution is 2.35. The molecule has 2 rings (SSSR count). The predicted octanol–water partition coefficient (Wildman–Crippen LogP) is 1.22. The normalized spacial score (nSPS) is 28.2. The molecule has 2 atom stereocenters. The lowest BCUT2D eigenvalue weighted by atomic mass is 9.74. The molecule has 0 aromatic heterocycles. The van der Waals surface area contributed by atoms with Crippen LogP contribution in [0, 0.1) is 0 Å². The van der Waals surface area contributed by atoms with Gasteiger partial charge in [-0.1, -0.05) is 12.1 Å². The van der Waals surface area contributed by atoms with Crippen molar-refractivity contribution >= 4 is 5.78 Å². The van der Waals surface area contributed by atoms with Gasteiger partial charge in [-0.05, 0) is 44.0 Å². The zero-order valence-electron chi connectivity index (χ0n) is 10.8. The molecule has 4 heteroatoms. The first-order valence-electron chi connectivity index (χ1n) is 6.20. The van der Waals surface area contributed by atoms with Crippen LogP contribution in [-0.4, -0.2) is 31.2 Å². The largest absolute Gasteiger partial charge is 0.497 e. The van der Waals surface area contributed by atoms with Gasteiger partial charge in [-0.3, -0.25) is 4.79 Å². The van der Waals surface area contributed by atoms with Crippen LogP contribution in [0.15, 0.2) is 24.3 Å². The Labute approximate surface area is 107 Å². The van der Waals surface area contributed by atoms with Crippen molar-refractivity contribution < 1.29 is 14.6 Å². The Bertz CT molecular complexity index is 446. The van der Waals surface area contributed by atoms with Crippen molar-refractivity contribution in [3.05, 3.63) is 29.8 Å². The van der Waals surface area contributed by atoms with Crippen molar-refractivity contribution in [2.45, 2.75) is 30.9 Å². The SMILES string of the molecule is CN[C@]1(c2cccc(OC)c2)CCC[C@H](O)C1=O. The highest BCUT2D eigenvalue weighted by molar-refractivity contribution is 5.93. The Kier molecular flexibility index (Phi) is 3.68. The van der Waals surface area contributed by atoms with E-state index in [0.717, 1.165) is 17.7 Å². The third-order valence-corrected chi connectivity index (χ3v) is 3.74. The molecular weight excluding hydrogens is 230 g/mol. The lowest BCUT2D eigenvalue weighted by molar-refractivity contribution is -0.137. The smallest absolute Gasteiger partial charge is 0.185 e. The minimum Gasteiger partial charge on any atom is -0.497 e. The van der Waals surface area contributed by atoms with E-state index in [1.807, 2.05) is 24.3 Å². The molecule has 0 amide bonds. The quantitative estimate of drug-likeness (QED) is 0.845. The summed E-state index contributed by atoms with van der Waals surface area (Å²) in [6.45, 7) is 0. The molecule has 18 heavy (non-hydrogen) atoms. The van der Waals surface area contributed by atoms with Crippen LogP contribution in [0.3, 0.4) is 0 Å². The van der Waals surface area contributed by atoms with Crippen molar-refractivity contribution in [2.24, 2.45) is 0 Å². The monoisotopic (exact) mass is 249 g/mol. The van der Waals surface area contributed by atoms with Crippen LogP contribution in [0.25, 0.3) is 0 Å². The van der Waals surface area contributed by atoms with Gasteiger partial charge in [0.05, 0.1) is 7.11 Å². The van der Waals surface area contributed by atoms with Crippen LogP contribution in [-0.2, 0) is 10.3 Å². The average Bonchev–Trinajstić information content (AvgIpc) is 2.42. The van der Waals surface area contributed by atoms with E-state index in [1.165, 1.54) is 0 Å². The maximum atomic E-state index is 12.3. The number of ether oxygens (including phenoxy) is 1. The number of aliphatic hydroxyl groups excluding tert-OH is 1. The van der Waals surface area contributed by atoms with Crippen LogP contribution < -0.4 is 10.1 Å². The van der Waals surface area contributed by atoms with Crippen molar-refractivity contribution in [1.29, 1.82) is 0 Å². The molecule has 0 unspecified atom stereocenters. The molecule has 0 saturated heterocycles. The first kappa shape index (κ1) is 13.1. The summed E-state index contributed by atoms with van der Waals surface area (Å²) >= 11 is 0. The number of rotatable bonds is 3. The number of ketones is 1. The number of Topliss-reactive ketones (excluding diaryl/α,β-unsaturated/α-hetero) is 1. The minimum absolute atomic E-state index is 0.149. The number of methoxy groups -OCH3 is 1. The Morgan fingerprint density at radius 3 is 2.94 bits per heavy atom. The standard InChI is InChI=1S/C14H19NO3/c1-15-14(8-4-7-12(16)13(14)17)10-5-3-6-11(9-10)18-2/h3,5-6,9,12,15-16H,4,7-8H2,1-2H3/t12-,14-/m0/s1. The molecule has 1 aromatic carbocycles. The van der Waals surface area contributed by atoms with Gasteiger partial charge in [0, 0.05) is 0 Å². The Morgan fingerprint density at radius 1 is 1.50 bits per heavy atom. The van der Waals surface area contributed by atoms with Gasteiger partial charge >= 0.3 is 0 Å². The van der Waals surface area contributed by atoms with E-state index in [4.69, 9.17) is 4.74 Å². The van der Waals surface area contributed by atoms with Gasteiger partial charge in [-0.15, -0.1) is 0 Å². The molecule has 0 heterocycles. The second kappa shape index (κ2) is 5.08. The van der Waals surface area contributed by atoms with Crippen molar-refractivity contribution in [3.63, 3.8) is 0 Å². The van der Waals surface area contributed by atoms with E-state index < -0.39 is 11.6 Å². The molecule has 0 aliphatic heterocycles. The summed E-state index contributed by atoms with van der Waals surface area (Å²) in [6.07, 6.45) is 1.20. The molecule has 0 spiro atoms. The summed E-state index contributed by atoms with van der Waals surface area (Å²) in [5.41, 5.74) is 0.0692. The summed E-state index contributed by atoms with van der Waals surface area (Å²) in [6, 6.07) is 7.46. The fourth-order valence-corrected chi connectivity index (χ4v) is 2.67. The van der Waals surface area contributed by atoms with Crippen LogP contribution in [0.2, 0.25) is 0 Å². The molecule has 4 nitrogen and oxygen atoms in total. The zero-order valence-corrected chi connectivity index (χ0v) is 10.8. The molecule has 1 saturated carbocycles. The van der Waals surface area contributed by atoms with Gasteiger partial charge in [0.2, 0.25) is 0 Å². The fraction of sp³-hybridized carbons (Fsp3) is 0.500. The summed E-state index contributed by atoms with van der Waals surface area (Å²) in [5.74, 6) is 0.569. The third kappa shape index (κ3) is 2.02. The number of likely N-dealkylation sites (N-methyl/N-ethyl adjacent to an activating group) is 1. The maximum absolute atomic E-state index is 12.3. The number of benzene rings is 1. The molecule has 1 aromatic rings. The summed E-state index contributed by atoms with van der Waals surface area (Å²) < 4.78 is 5.20. The van der Waals surface area contributed by atoms with Crippen molar-refractivity contribution in [1.82, 2.24) is 5.32 Å². The second-order valence-corrected chi connectivity index (χ2v) is 4.66. The Balaban J connectivity index is 2.45. The number of hydrogen-bond acceptors (Lipinski definition) is 4. The van der Waals surface area contributed by atoms with Gasteiger partial charge in [0.25, 0.3) is 0 Å².